The van der Waals surface area contributed by atoms with Crippen LogP contribution in [0.1, 0.15) is 17.0 Å². The quantitative estimate of drug-likeness (QED) is 0.839. The Kier molecular flexibility index (Phi) is 4.75. The largest absolute Gasteiger partial charge is 0.384 e. The van der Waals surface area contributed by atoms with E-state index in [4.69, 9.17) is 5.11 Å². The molecule has 2 N–H and O–H groups in total. The first-order valence-electron chi connectivity index (χ1n) is 6.59. The first-order valence-corrected chi connectivity index (χ1v) is 6.59. The Balaban J connectivity index is 2.04. The molecule has 0 unspecified atom stereocenters. The minimum atomic E-state index is -0.186. The van der Waals surface area contributed by atoms with Gasteiger partial charge in [-0.1, -0.05) is 17.9 Å². The van der Waals surface area contributed by atoms with Crippen molar-refractivity contribution < 1.29 is 9.90 Å². The topological polar surface area (TPSA) is 67.2 Å². The van der Waals surface area contributed by atoms with Gasteiger partial charge in [-0.15, -0.1) is 0 Å². The lowest BCUT2D eigenvalue weighted by Gasteiger charge is -2.07. The average molecular weight is 283 g/mol. The lowest BCUT2D eigenvalue weighted by Crippen LogP contribution is -2.20. The van der Waals surface area contributed by atoms with Crippen LogP contribution in [0, 0.1) is 25.7 Å². The fourth-order valence-electron chi connectivity index (χ4n) is 1.99. The predicted octanol–water partition coefficient (Wildman–Crippen LogP) is 1.48. The highest BCUT2D eigenvalue weighted by Crippen LogP contribution is 2.10. The fraction of sp³-hybridized carbons (Fsp3) is 0.250. The standard InChI is InChI=1S/C16H17N3O2/c1-12-9-13(2)19(18-12)11-16(21)17-15-7-3-5-14(10-15)6-4-8-20/h3,5,7,9-10,20H,8,11H2,1-2H3,(H,17,21). The highest BCUT2D eigenvalue weighted by molar-refractivity contribution is 5.90. The molecule has 21 heavy (non-hydrogen) atoms. The molecule has 0 spiro atoms. The van der Waals surface area contributed by atoms with E-state index in [0.717, 1.165) is 17.0 Å². The SMILES string of the molecule is Cc1cc(C)n(CC(=O)Nc2cccc(C#CCO)c2)n1. The summed E-state index contributed by atoms with van der Waals surface area (Å²) >= 11 is 0. The first kappa shape index (κ1) is 14.8. The Morgan fingerprint density at radius 3 is 2.86 bits per heavy atom. The molecule has 5 heteroatoms. The van der Waals surface area contributed by atoms with Crippen molar-refractivity contribution in [2.24, 2.45) is 0 Å². The molecule has 0 aliphatic rings. The molecule has 1 amide bonds. The van der Waals surface area contributed by atoms with Crippen LogP contribution in [0.3, 0.4) is 0 Å². The van der Waals surface area contributed by atoms with E-state index in [9.17, 15) is 4.79 Å². The number of aromatic nitrogens is 2. The van der Waals surface area contributed by atoms with Crippen molar-refractivity contribution in [2.75, 3.05) is 11.9 Å². The molecule has 1 heterocycles. The number of nitrogens with zero attached hydrogens (tertiary/aromatic N) is 2. The molecule has 0 atom stereocenters. The van der Waals surface area contributed by atoms with E-state index in [2.05, 4.69) is 22.3 Å². The van der Waals surface area contributed by atoms with Crippen molar-refractivity contribution in [2.45, 2.75) is 20.4 Å². The van der Waals surface area contributed by atoms with Crippen LogP contribution in [-0.2, 0) is 11.3 Å². The summed E-state index contributed by atoms with van der Waals surface area (Å²) in [6.45, 7) is 3.80. The molecule has 108 valence electrons. The average Bonchev–Trinajstić information content (AvgIpc) is 2.75. The van der Waals surface area contributed by atoms with E-state index >= 15 is 0 Å². The molecular formula is C16H17N3O2. The van der Waals surface area contributed by atoms with E-state index < -0.39 is 0 Å². The second-order valence-electron chi connectivity index (χ2n) is 4.67. The van der Waals surface area contributed by atoms with Crippen LogP contribution in [0.15, 0.2) is 30.3 Å². The lowest BCUT2D eigenvalue weighted by atomic mass is 10.2. The molecule has 2 aromatic rings. The van der Waals surface area contributed by atoms with E-state index in [0.29, 0.717) is 5.69 Å². The van der Waals surface area contributed by atoms with Crippen molar-refractivity contribution in [1.82, 2.24) is 9.78 Å². The van der Waals surface area contributed by atoms with Gasteiger partial charge in [0.05, 0.1) is 5.69 Å². The third-order valence-electron chi connectivity index (χ3n) is 2.85. The number of amides is 1. The number of aryl methyl sites for hydroxylation is 2. The zero-order valence-corrected chi connectivity index (χ0v) is 12.1. The number of hydrogen-bond donors (Lipinski definition) is 2. The van der Waals surface area contributed by atoms with E-state index in [1.807, 2.05) is 26.0 Å². The maximum atomic E-state index is 12.0. The number of carbonyl (C=O) groups is 1. The maximum Gasteiger partial charge on any atom is 0.246 e. The van der Waals surface area contributed by atoms with Gasteiger partial charge in [-0.25, -0.2) is 0 Å². The molecule has 0 saturated heterocycles. The number of hydrogen-bond acceptors (Lipinski definition) is 3. The van der Waals surface area contributed by atoms with Crippen LogP contribution in [0.2, 0.25) is 0 Å². The van der Waals surface area contributed by atoms with Crippen LogP contribution >= 0.6 is 0 Å². The summed E-state index contributed by atoms with van der Waals surface area (Å²) in [6, 6.07) is 9.11. The molecule has 1 aromatic heterocycles. The molecule has 0 fully saturated rings. The Labute approximate surface area is 123 Å². The van der Waals surface area contributed by atoms with Crippen LogP contribution < -0.4 is 5.32 Å². The normalized spacial score (nSPS) is 9.86. The van der Waals surface area contributed by atoms with Gasteiger partial charge >= 0.3 is 0 Å². The molecule has 0 aliphatic heterocycles. The minimum absolute atomic E-state index is 0.145. The zero-order chi connectivity index (χ0) is 15.2. The third-order valence-corrected chi connectivity index (χ3v) is 2.85. The fourth-order valence-corrected chi connectivity index (χ4v) is 1.99. The smallest absolute Gasteiger partial charge is 0.246 e. The number of anilines is 1. The predicted molar refractivity (Wildman–Crippen MR) is 80.7 cm³/mol. The van der Waals surface area contributed by atoms with Crippen molar-refractivity contribution in [3.63, 3.8) is 0 Å². The van der Waals surface area contributed by atoms with Gasteiger partial charge in [0.2, 0.25) is 5.91 Å². The maximum absolute atomic E-state index is 12.0. The summed E-state index contributed by atoms with van der Waals surface area (Å²) in [5.41, 5.74) is 3.26. The number of benzene rings is 1. The van der Waals surface area contributed by atoms with Gasteiger partial charge in [-0.3, -0.25) is 9.48 Å². The summed E-state index contributed by atoms with van der Waals surface area (Å²) < 4.78 is 1.67. The van der Waals surface area contributed by atoms with Crippen LogP contribution in [0.25, 0.3) is 0 Å². The summed E-state index contributed by atoms with van der Waals surface area (Å²) in [5, 5.41) is 15.8. The second-order valence-corrected chi connectivity index (χ2v) is 4.67. The molecule has 0 bridgehead atoms. The van der Waals surface area contributed by atoms with Crippen LogP contribution in [-0.4, -0.2) is 27.4 Å². The molecule has 2 rings (SSSR count). The van der Waals surface area contributed by atoms with Gasteiger partial charge in [0.15, 0.2) is 0 Å². The number of rotatable bonds is 3. The van der Waals surface area contributed by atoms with E-state index in [1.54, 1.807) is 22.9 Å². The van der Waals surface area contributed by atoms with Gasteiger partial charge in [-0.2, -0.15) is 5.10 Å². The Morgan fingerprint density at radius 2 is 2.19 bits per heavy atom. The number of nitrogens with one attached hydrogen (secondary N) is 1. The minimum Gasteiger partial charge on any atom is -0.384 e. The highest BCUT2D eigenvalue weighted by Gasteiger charge is 2.07. The summed E-state index contributed by atoms with van der Waals surface area (Å²) in [6.07, 6.45) is 0. The third kappa shape index (κ3) is 4.20. The van der Waals surface area contributed by atoms with Gasteiger partial charge in [-0.05, 0) is 38.1 Å². The molecule has 0 aliphatic carbocycles. The van der Waals surface area contributed by atoms with Crippen LogP contribution in [0.5, 0.6) is 0 Å². The van der Waals surface area contributed by atoms with E-state index in [1.165, 1.54) is 0 Å². The van der Waals surface area contributed by atoms with Crippen molar-refractivity contribution in [1.29, 1.82) is 0 Å². The molecule has 5 nitrogen and oxygen atoms in total. The summed E-state index contributed by atoms with van der Waals surface area (Å²) in [4.78, 5) is 12.0. The molecule has 1 aromatic carbocycles. The van der Waals surface area contributed by atoms with E-state index in [-0.39, 0.29) is 19.1 Å². The van der Waals surface area contributed by atoms with Crippen molar-refractivity contribution in [3.8, 4) is 11.8 Å². The van der Waals surface area contributed by atoms with Gasteiger partial charge < -0.3 is 10.4 Å². The first-order chi connectivity index (χ1) is 10.1. The Bertz CT molecular complexity index is 708. The number of carbonyl (C=O) groups excluding carboxylic acids is 1. The number of aliphatic hydroxyl groups excluding tert-OH is 1. The summed E-state index contributed by atoms with van der Waals surface area (Å²) in [5.74, 6) is 5.23. The van der Waals surface area contributed by atoms with Crippen LogP contribution in [0.4, 0.5) is 5.69 Å². The molecule has 0 saturated carbocycles. The van der Waals surface area contributed by atoms with Gasteiger partial charge in [0.1, 0.15) is 13.2 Å². The second kappa shape index (κ2) is 6.73. The molecular weight excluding hydrogens is 266 g/mol. The zero-order valence-electron chi connectivity index (χ0n) is 12.1. The monoisotopic (exact) mass is 283 g/mol. The highest BCUT2D eigenvalue weighted by atomic mass is 16.2. The van der Waals surface area contributed by atoms with Gasteiger partial charge in [0, 0.05) is 16.9 Å². The molecule has 0 radical (unpaired) electrons. The van der Waals surface area contributed by atoms with Crippen molar-refractivity contribution >= 4 is 11.6 Å². The Hall–Kier alpha value is -2.58. The number of aliphatic hydroxyl groups is 1. The lowest BCUT2D eigenvalue weighted by molar-refractivity contribution is -0.116. The van der Waals surface area contributed by atoms with Crippen molar-refractivity contribution in [3.05, 3.63) is 47.3 Å². The summed E-state index contributed by atoms with van der Waals surface area (Å²) in [7, 11) is 0. The van der Waals surface area contributed by atoms with Gasteiger partial charge in [0.25, 0.3) is 0 Å². The Morgan fingerprint density at radius 1 is 1.38 bits per heavy atom.